The normalized spacial score (nSPS) is 11.2. The first-order valence-corrected chi connectivity index (χ1v) is 9.02. The van der Waals surface area contributed by atoms with E-state index in [0.717, 1.165) is 6.20 Å². The molecule has 8 nitrogen and oxygen atoms in total. The number of aromatic nitrogens is 6. The first-order chi connectivity index (χ1) is 14.9. The van der Waals surface area contributed by atoms with Gasteiger partial charge in [0.25, 0.3) is 0 Å². The molecule has 11 heteroatoms. The summed E-state index contributed by atoms with van der Waals surface area (Å²) in [7, 11) is 0. The third kappa shape index (κ3) is 4.89. The Bertz CT molecular complexity index is 1180. The third-order valence-corrected chi connectivity index (χ3v) is 4.09. The van der Waals surface area contributed by atoms with Crippen LogP contribution in [-0.2, 0) is 6.18 Å². The molecule has 4 aromatic rings. The van der Waals surface area contributed by atoms with Crippen molar-refractivity contribution >= 4 is 23.1 Å². The summed E-state index contributed by atoms with van der Waals surface area (Å²) < 4.78 is 40.3. The Labute approximate surface area is 174 Å². The second-order valence-corrected chi connectivity index (χ2v) is 6.39. The summed E-state index contributed by atoms with van der Waals surface area (Å²) in [6, 6.07) is 7.79. The average Bonchev–Trinajstić information content (AvgIpc) is 2.74. The molecule has 0 aliphatic rings. The summed E-state index contributed by atoms with van der Waals surface area (Å²) in [6.07, 6.45) is 2.25. The molecule has 0 amide bonds. The third-order valence-electron chi connectivity index (χ3n) is 4.09. The van der Waals surface area contributed by atoms with Crippen LogP contribution in [0.25, 0.3) is 11.3 Å². The lowest BCUT2D eigenvalue weighted by atomic mass is 10.2. The van der Waals surface area contributed by atoms with Crippen LogP contribution in [0.3, 0.4) is 0 Å². The van der Waals surface area contributed by atoms with Crippen molar-refractivity contribution in [2.24, 2.45) is 0 Å². The van der Waals surface area contributed by atoms with Gasteiger partial charge in [-0.05, 0) is 19.1 Å². The van der Waals surface area contributed by atoms with E-state index in [1.165, 1.54) is 18.6 Å². The van der Waals surface area contributed by atoms with Gasteiger partial charge in [-0.2, -0.15) is 13.2 Å². The first kappa shape index (κ1) is 20.1. The zero-order chi connectivity index (χ0) is 21.8. The van der Waals surface area contributed by atoms with E-state index in [9.17, 15) is 13.2 Å². The van der Waals surface area contributed by atoms with Crippen LogP contribution in [0.5, 0.6) is 0 Å². The molecule has 0 aliphatic carbocycles. The minimum absolute atomic E-state index is 0.166. The lowest BCUT2D eigenvalue weighted by Gasteiger charge is -2.15. The molecular weight excluding hydrogens is 409 g/mol. The fraction of sp³-hybridized carbons (Fsp3) is 0.100. The van der Waals surface area contributed by atoms with Gasteiger partial charge in [0.1, 0.15) is 29.6 Å². The molecule has 0 unspecified atom stereocenters. The first-order valence-electron chi connectivity index (χ1n) is 9.02. The van der Waals surface area contributed by atoms with E-state index in [1.807, 2.05) is 0 Å². The van der Waals surface area contributed by atoms with Gasteiger partial charge in [-0.1, -0.05) is 6.07 Å². The predicted octanol–water partition coefficient (Wildman–Crippen LogP) is 4.54. The monoisotopic (exact) mass is 424 g/mol. The van der Waals surface area contributed by atoms with Crippen molar-refractivity contribution in [3.8, 4) is 11.3 Å². The fourth-order valence-corrected chi connectivity index (χ4v) is 2.77. The molecule has 0 spiro atoms. The van der Waals surface area contributed by atoms with Crippen molar-refractivity contribution in [1.29, 1.82) is 0 Å². The van der Waals surface area contributed by atoms with E-state index in [4.69, 9.17) is 0 Å². The molecule has 0 aromatic carbocycles. The van der Waals surface area contributed by atoms with Gasteiger partial charge in [0.2, 0.25) is 0 Å². The van der Waals surface area contributed by atoms with Gasteiger partial charge in [-0.15, -0.1) is 0 Å². The summed E-state index contributed by atoms with van der Waals surface area (Å²) in [6.45, 7) is 1.70. The zero-order valence-electron chi connectivity index (χ0n) is 16.1. The highest BCUT2D eigenvalue weighted by Crippen LogP contribution is 2.36. The molecule has 0 saturated heterocycles. The smallest absolute Gasteiger partial charge is 0.340 e. The van der Waals surface area contributed by atoms with Gasteiger partial charge in [-0.25, -0.2) is 29.9 Å². The zero-order valence-corrected chi connectivity index (χ0v) is 16.1. The molecule has 4 rings (SSSR count). The Morgan fingerprint density at radius 1 is 0.839 bits per heavy atom. The molecule has 4 aromatic heterocycles. The van der Waals surface area contributed by atoms with E-state index in [-0.39, 0.29) is 17.3 Å². The molecular formula is C20H15F3N8. The Morgan fingerprint density at radius 3 is 2.35 bits per heavy atom. The Hall–Kier alpha value is -4.15. The molecule has 156 valence electrons. The Kier molecular flexibility index (Phi) is 5.39. The summed E-state index contributed by atoms with van der Waals surface area (Å²) >= 11 is 0. The van der Waals surface area contributed by atoms with Crippen LogP contribution in [0.4, 0.5) is 36.3 Å². The van der Waals surface area contributed by atoms with Crippen molar-refractivity contribution in [3.63, 3.8) is 0 Å². The molecule has 0 atom stereocenters. The molecule has 0 fully saturated rings. The molecule has 0 radical (unpaired) electrons. The molecule has 31 heavy (non-hydrogen) atoms. The minimum Gasteiger partial charge on any atom is -0.340 e. The van der Waals surface area contributed by atoms with E-state index in [1.54, 1.807) is 43.6 Å². The number of halogens is 3. The predicted molar refractivity (Wildman–Crippen MR) is 108 cm³/mol. The average molecular weight is 424 g/mol. The summed E-state index contributed by atoms with van der Waals surface area (Å²) in [5.41, 5.74) is 0.138. The van der Waals surface area contributed by atoms with Crippen LogP contribution in [0.1, 0.15) is 11.4 Å². The van der Waals surface area contributed by atoms with Gasteiger partial charge in [0, 0.05) is 42.5 Å². The van der Waals surface area contributed by atoms with Crippen LogP contribution in [-0.4, -0.2) is 29.9 Å². The maximum atomic E-state index is 13.4. The van der Waals surface area contributed by atoms with Crippen molar-refractivity contribution in [2.45, 2.75) is 13.1 Å². The molecule has 2 N–H and O–H groups in total. The number of nitrogens with one attached hydrogen (secondary N) is 2. The van der Waals surface area contributed by atoms with Gasteiger partial charge in [0.05, 0.1) is 16.9 Å². The fourth-order valence-electron chi connectivity index (χ4n) is 2.77. The topological polar surface area (TPSA) is 101 Å². The van der Waals surface area contributed by atoms with Gasteiger partial charge in [-0.3, -0.25) is 0 Å². The number of hydrogen-bond donors (Lipinski definition) is 2. The number of nitrogens with zero attached hydrogens (tertiary/aromatic N) is 6. The van der Waals surface area contributed by atoms with Crippen molar-refractivity contribution in [2.75, 3.05) is 10.6 Å². The van der Waals surface area contributed by atoms with Crippen LogP contribution in [0.2, 0.25) is 0 Å². The van der Waals surface area contributed by atoms with Crippen LogP contribution >= 0.6 is 0 Å². The molecule has 0 aliphatic heterocycles. The number of hydrogen-bond acceptors (Lipinski definition) is 8. The number of aryl methyl sites for hydroxylation is 1. The van der Waals surface area contributed by atoms with E-state index < -0.39 is 11.7 Å². The number of rotatable bonds is 5. The number of alkyl halides is 3. The van der Waals surface area contributed by atoms with Gasteiger partial charge >= 0.3 is 6.18 Å². The minimum atomic E-state index is -4.59. The maximum Gasteiger partial charge on any atom is 0.419 e. The molecule has 4 heterocycles. The Morgan fingerprint density at radius 2 is 1.65 bits per heavy atom. The van der Waals surface area contributed by atoms with Crippen LogP contribution in [0.15, 0.2) is 61.4 Å². The summed E-state index contributed by atoms with van der Waals surface area (Å²) in [4.78, 5) is 24.5. The quantitative estimate of drug-likeness (QED) is 0.482. The highest BCUT2D eigenvalue weighted by molar-refractivity contribution is 5.68. The van der Waals surface area contributed by atoms with Crippen LogP contribution in [0, 0.1) is 6.92 Å². The highest BCUT2D eigenvalue weighted by atomic mass is 19.4. The number of pyridine rings is 2. The van der Waals surface area contributed by atoms with Gasteiger partial charge in [0.15, 0.2) is 0 Å². The lowest BCUT2D eigenvalue weighted by Crippen LogP contribution is -2.11. The standard InChI is InChI=1S/C20H15F3N8/c1-12-28-15(13-8-24-11-25-9-13)6-19(29-12)31-18-7-16(14(10-27-18)20(21,22)23)30-17-4-2-3-5-26-17/h2-11H,1H3,(H2,26,27,28,29,30,31). The lowest BCUT2D eigenvalue weighted by molar-refractivity contribution is -0.137. The molecule has 0 saturated carbocycles. The largest absolute Gasteiger partial charge is 0.419 e. The van der Waals surface area contributed by atoms with Crippen molar-refractivity contribution in [3.05, 3.63) is 72.8 Å². The summed E-state index contributed by atoms with van der Waals surface area (Å²) in [5, 5.41) is 5.62. The second kappa shape index (κ2) is 8.30. The summed E-state index contributed by atoms with van der Waals surface area (Å²) in [5.74, 6) is 1.26. The van der Waals surface area contributed by atoms with E-state index >= 15 is 0 Å². The van der Waals surface area contributed by atoms with E-state index in [2.05, 4.69) is 40.5 Å². The van der Waals surface area contributed by atoms with E-state index in [0.29, 0.717) is 22.9 Å². The van der Waals surface area contributed by atoms with Crippen molar-refractivity contribution in [1.82, 2.24) is 29.9 Å². The SMILES string of the molecule is Cc1nc(Nc2cc(Nc3ccccn3)c(C(F)(F)F)cn2)cc(-c2cncnc2)n1. The van der Waals surface area contributed by atoms with Crippen molar-refractivity contribution < 1.29 is 13.2 Å². The highest BCUT2D eigenvalue weighted by Gasteiger charge is 2.34. The Balaban J connectivity index is 1.68. The van der Waals surface area contributed by atoms with Crippen LogP contribution < -0.4 is 10.6 Å². The maximum absolute atomic E-state index is 13.4. The number of anilines is 4. The van der Waals surface area contributed by atoms with Gasteiger partial charge < -0.3 is 10.6 Å². The molecule has 0 bridgehead atoms. The second-order valence-electron chi connectivity index (χ2n) is 6.39.